The fourth-order valence-corrected chi connectivity index (χ4v) is 2.80. The Balaban J connectivity index is 1.59. The summed E-state index contributed by atoms with van der Waals surface area (Å²) in [6.07, 6.45) is 4.35. The van der Waals surface area contributed by atoms with Crippen LogP contribution in [0.3, 0.4) is 0 Å². The maximum absolute atomic E-state index is 12.9. The number of amides is 2. The summed E-state index contributed by atoms with van der Waals surface area (Å²) in [6, 6.07) is 6.72. The van der Waals surface area contributed by atoms with Crippen molar-refractivity contribution in [3.63, 3.8) is 0 Å². The summed E-state index contributed by atoms with van der Waals surface area (Å²) in [5.74, 6) is -0.208. The second-order valence-corrected chi connectivity index (χ2v) is 5.64. The molecular weight excluding hydrogens is 243 g/mol. The Labute approximate surface area is 112 Å². The van der Waals surface area contributed by atoms with Gasteiger partial charge in [-0.2, -0.15) is 0 Å². The average molecular weight is 262 g/mol. The minimum absolute atomic E-state index is 0.0447. The number of rotatable bonds is 3. The number of hydrogen-bond acceptors (Lipinski definition) is 1. The van der Waals surface area contributed by atoms with Crippen molar-refractivity contribution in [3.8, 4) is 0 Å². The van der Waals surface area contributed by atoms with Crippen LogP contribution in [0.1, 0.15) is 31.2 Å². The van der Waals surface area contributed by atoms with Gasteiger partial charge in [0.25, 0.3) is 0 Å². The van der Waals surface area contributed by atoms with Crippen molar-refractivity contribution < 1.29 is 9.18 Å². The maximum atomic E-state index is 12.9. The summed E-state index contributed by atoms with van der Waals surface area (Å²) in [6.45, 7) is 2.40. The number of urea groups is 1. The number of carbonyl (C=O) groups excluding carboxylic acids is 1. The Bertz CT molecular complexity index is 462. The van der Waals surface area contributed by atoms with Gasteiger partial charge in [-0.15, -0.1) is 0 Å². The standard InChI is InChI=1S/C15H19FN2O/c16-13-5-3-12(4-6-13)15(7-8-15)11-17-14(19)18-9-1-2-10-18/h3-6H,1-2,7-11H2,(H,17,19). The van der Waals surface area contributed by atoms with Gasteiger partial charge in [-0.25, -0.2) is 9.18 Å². The number of likely N-dealkylation sites (tertiary alicyclic amines) is 1. The number of hydrogen-bond donors (Lipinski definition) is 1. The Hall–Kier alpha value is -1.58. The Morgan fingerprint density at radius 3 is 2.42 bits per heavy atom. The first-order valence-electron chi connectivity index (χ1n) is 6.98. The third kappa shape index (κ3) is 2.57. The molecule has 3 nitrogen and oxygen atoms in total. The molecule has 0 aromatic heterocycles. The lowest BCUT2D eigenvalue weighted by atomic mass is 9.96. The molecule has 19 heavy (non-hydrogen) atoms. The summed E-state index contributed by atoms with van der Waals surface area (Å²) >= 11 is 0. The van der Waals surface area contributed by atoms with Crippen LogP contribution in [0, 0.1) is 5.82 Å². The summed E-state index contributed by atoms with van der Waals surface area (Å²) in [5, 5.41) is 3.03. The molecule has 1 saturated heterocycles. The number of carbonyl (C=O) groups is 1. The van der Waals surface area contributed by atoms with Crippen molar-refractivity contribution in [2.75, 3.05) is 19.6 Å². The molecule has 102 valence electrons. The lowest BCUT2D eigenvalue weighted by Gasteiger charge is -2.20. The summed E-state index contributed by atoms with van der Waals surface area (Å²) in [7, 11) is 0. The van der Waals surface area contributed by atoms with Gasteiger partial charge in [0.05, 0.1) is 0 Å². The molecule has 2 fully saturated rings. The van der Waals surface area contributed by atoms with Gasteiger partial charge in [-0.05, 0) is 43.4 Å². The van der Waals surface area contributed by atoms with Crippen molar-refractivity contribution in [1.82, 2.24) is 10.2 Å². The smallest absolute Gasteiger partial charge is 0.317 e. The first-order valence-corrected chi connectivity index (χ1v) is 6.98. The first kappa shape index (κ1) is 12.5. The van der Waals surface area contributed by atoms with E-state index in [4.69, 9.17) is 0 Å². The average Bonchev–Trinajstić information content (AvgIpc) is 3.01. The molecule has 1 aliphatic carbocycles. The van der Waals surface area contributed by atoms with Gasteiger partial charge in [-0.3, -0.25) is 0 Å². The van der Waals surface area contributed by atoms with Crippen LogP contribution in [0.2, 0.25) is 0 Å². The fraction of sp³-hybridized carbons (Fsp3) is 0.533. The van der Waals surface area contributed by atoms with E-state index in [1.54, 1.807) is 0 Å². The highest BCUT2D eigenvalue weighted by atomic mass is 19.1. The van der Waals surface area contributed by atoms with E-state index in [0.29, 0.717) is 6.54 Å². The van der Waals surface area contributed by atoms with E-state index in [1.165, 1.54) is 12.1 Å². The van der Waals surface area contributed by atoms with Gasteiger partial charge in [0.2, 0.25) is 0 Å². The topological polar surface area (TPSA) is 32.3 Å². The number of nitrogens with zero attached hydrogens (tertiary/aromatic N) is 1. The maximum Gasteiger partial charge on any atom is 0.317 e. The van der Waals surface area contributed by atoms with Gasteiger partial charge in [0.1, 0.15) is 5.82 Å². The zero-order valence-corrected chi connectivity index (χ0v) is 11.0. The van der Waals surface area contributed by atoms with Crippen LogP contribution in [0.25, 0.3) is 0 Å². The van der Waals surface area contributed by atoms with E-state index in [0.717, 1.165) is 44.3 Å². The molecule has 4 heteroatoms. The molecule has 3 rings (SSSR count). The van der Waals surface area contributed by atoms with E-state index < -0.39 is 0 Å². The largest absolute Gasteiger partial charge is 0.337 e. The van der Waals surface area contributed by atoms with Crippen LogP contribution in [0.4, 0.5) is 9.18 Å². The van der Waals surface area contributed by atoms with Crippen LogP contribution in [0.15, 0.2) is 24.3 Å². The Morgan fingerprint density at radius 2 is 1.84 bits per heavy atom. The molecule has 1 saturated carbocycles. The van der Waals surface area contributed by atoms with Crippen molar-refractivity contribution >= 4 is 6.03 Å². The van der Waals surface area contributed by atoms with Crippen molar-refractivity contribution in [2.45, 2.75) is 31.1 Å². The highest BCUT2D eigenvalue weighted by Gasteiger charge is 2.44. The quantitative estimate of drug-likeness (QED) is 0.892. The summed E-state index contributed by atoms with van der Waals surface area (Å²) in [5.41, 5.74) is 1.18. The molecule has 1 aromatic rings. The first-order chi connectivity index (χ1) is 9.20. The molecule has 2 aliphatic rings. The summed E-state index contributed by atoms with van der Waals surface area (Å²) < 4.78 is 12.9. The van der Waals surface area contributed by atoms with Gasteiger partial charge in [-0.1, -0.05) is 12.1 Å². The molecular formula is C15H19FN2O. The second kappa shape index (κ2) is 4.83. The third-order valence-electron chi connectivity index (χ3n) is 4.28. The SMILES string of the molecule is O=C(NCC1(c2ccc(F)cc2)CC1)N1CCCC1. The van der Waals surface area contributed by atoms with E-state index in [2.05, 4.69) is 5.32 Å². The van der Waals surface area contributed by atoms with Crippen LogP contribution in [-0.2, 0) is 5.41 Å². The van der Waals surface area contributed by atoms with E-state index in [9.17, 15) is 9.18 Å². The predicted octanol–water partition coefficient (Wildman–Crippen LogP) is 2.66. The Kier molecular flexibility index (Phi) is 3.17. The molecule has 0 atom stereocenters. The monoisotopic (exact) mass is 262 g/mol. The van der Waals surface area contributed by atoms with Crippen LogP contribution in [-0.4, -0.2) is 30.6 Å². The van der Waals surface area contributed by atoms with Crippen molar-refractivity contribution in [1.29, 1.82) is 0 Å². The molecule has 0 bridgehead atoms. The number of halogens is 1. The Morgan fingerprint density at radius 1 is 1.21 bits per heavy atom. The molecule has 1 aliphatic heterocycles. The minimum atomic E-state index is -0.208. The molecule has 1 N–H and O–H groups in total. The highest BCUT2D eigenvalue weighted by molar-refractivity contribution is 5.74. The van der Waals surface area contributed by atoms with Crippen LogP contribution < -0.4 is 5.32 Å². The summed E-state index contributed by atoms with van der Waals surface area (Å²) in [4.78, 5) is 13.8. The highest BCUT2D eigenvalue weighted by Crippen LogP contribution is 2.47. The second-order valence-electron chi connectivity index (χ2n) is 5.64. The molecule has 0 radical (unpaired) electrons. The van der Waals surface area contributed by atoms with Crippen molar-refractivity contribution in [2.24, 2.45) is 0 Å². The molecule has 0 unspecified atom stereocenters. The van der Waals surface area contributed by atoms with E-state index in [-0.39, 0.29) is 17.3 Å². The molecule has 1 aromatic carbocycles. The van der Waals surface area contributed by atoms with E-state index >= 15 is 0 Å². The predicted molar refractivity (Wildman–Crippen MR) is 71.5 cm³/mol. The number of nitrogens with one attached hydrogen (secondary N) is 1. The molecule has 1 heterocycles. The molecule has 0 spiro atoms. The number of benzene rings is 1. The normalized spacial score (nSPS) is 20.4. The van der Waals surface area contributed by atoms with Gasteiger partial charge in [0, 0.05) is 25.0 Å². The molecule has 2 amide bonds. The van der Waals surface area contributed by atoms with E-state index in [1.807, 2.05) is 17.0 Å². The van der Waals surface area contributed by atoms with Gasteiger partial charge in [0.15, 0.2) is 0 Å². The minimum Gasteiger partial charge on any atom is -0.337 e. The zero-order chi connectivity index (χ0) is 13.3. The third-order valence-corrected chi connectivity index (χ3v) is 4.28. The fourth-order valence-electron chi connectivity index (χ4n) is 2.80. The lowest BCUT2D eigenvalue weighted by molar-refractivity contribution is 0.207. The lowest BCUT2D eigenvalue weighted by Crippen LogP contribution is -2.41. The zero-order valence-electron chi connectivity index (χ0n) is 11.0. The van der Waals surface area contributed by atoms with Gasteiger partial charge >= 0.3 is 6.03 Å². The van der Waals surface area contributed by atoms with Crippen LogP contribution in [0.5, 0.6) is 0 Å². The van der Waals surface area contributed by atoms with Gasteiger partial charge < -0.3 is 10.2 Å². The van der Waals surface area contributed by atoms with Crippen LogP contribution >= 0.6 is 0 Å². The van der Waals surface area contributed by atoms with Crippen molar-refractivity contribution in [3.05, 3.63) is 35.6 Å².